The lowest BCUT2D eigenvalue weighted by molar-refractivity contribution is 0.0642. The number of ether oxygens (including phenoxy) is 1. The molecule has 0 radical (unpaired) electrons. The van der Waals surface area contributed by atoms with Gasteiger partial charge in [0.05, 0.1) is 12.0 Å². The van der Waals surface area contributed by atoms with Crippen molar-refractivity contribution in [3.63, 3.8) is 0 Å². The lowest BCUT2D eigenvalue weighted by atomic mass is 9.75. The Morgan fingerprint density at radius 2 is 1.87 bits per heavy atom. The Hall–Kier alpha value is -1.40. The predicted molar refractivity (Wildman–Crippen MR) is 130 cm³/mol. The second-order valence-electron chi connectivity index (χ2n) is 9.21. The molecule has 1 fully saturated rings. The molecule has 3 N–H and O–H groups in total. The van der Waals surface area contributed by atoms with Gasteiger partial charge in [0, 0.05) is 25.4 Å². The average molecular weight is 437 g/mol. The van der Waals surface area contributed by atoms with Crippen LogP contribution in [0.5, 0.6) is 0 Å². The van der Waals surface area contributed by atoms with Crippen molar-refractivity contribution < 1.29 is 9.84 Å². The Kier molecular flexibility index (Phi) is 13.7. The van der Waals surface area contributed by atoms with E-state index >= 15 is 0 Å². The number of aliphatic hydroxyl groups excluding tert-OH is 1. The number of nitrogens with zero attached hydrogens (tertiary/aromatic N) is 2. The molecule has 2 unspecified atom stereocenters. The third-order valence-corrected chi connectivity index (χ3v) is 6.54. The van der Waals surface area contributed by atoms with E-state index in [1.807, 2.05) is 17.8 Å². The third kappa shape index (κ3) is 9.73. The summed E-state index contributed by atoms with van der Waals surface area (Å²) in [5.41, 5.74) is 0.815. The summed E-state index contributed by atoms with van der Waals surface area (Å²) in [6.45, 7) is 10.5. The summed E-state index contributed by atoms with van der Waals surface area (Å²) in [5.74, 6) is 0.809. The van der Waals surface area contributed by atoms with Crippen LogP contribution in [0.15, 0.2) is 12.3 Å². The van der Waals surface area contributed by atoms with Gasteiger partial charge in [-0.2, -0.15) is 5.10 Å². The molecule has 2 rings (SSSR count). The van der Waals surface area contributed by atoms with Crippen LogP contribution in [0, 0.1) is 16.7 Å². The zero-order chi connectivity index (χ0) is 23.1. The number of aromatic nitrogens is 2. The summed E-state index contributed by atoms with van der Waals surface area (Å²) in [6.07, 6.45) is 12.9. The first-order chi connectivity index (χ1) is 14.9. The van der Waals surface area contributed by atoms with Gasteiger partial charge in [0.2, 0.25) is 0 Å². The van der Waals surface area contributed by atoms with E-state index in [4.69, 9.17) is 10.1 Å². The van der Waals surface area contributed by atoms with E-state index in [1.165, 1.54) is 32.1 Å². The molecule has 0 spiro atoms. The highest BCUT2D eigenvalue weighted by Crippen LogP contribution is 2.35. The average Bonchev–Trinajstić information content (AvgIpc) is 3.18. The first-order valence-electron chi connectivity index (χ1n) is 12.5. The molecule has 0 aliphatic carbocycles. The van der Waals surface area contributed by atoms with Gasteiger partial charge in [-0.1, -0.05) is 66.2 Å². The third-order valence-electron chi connectivity index (χ3n) is 6.54. The lowest BCUT2D eigenvalue weighted by Crippen LogP contribution is -2.46. The van der Waals surface area contributed by atoms with E-state index in [0.717, 1.165) is 50.9 Å². The van der Waals surface area contributed by atoms with Crippen LogP contribution in [0.25, 0.3) is 0 Å². The standard InChI is InChI=1S/C18H32N4O2.C7H16/c1-4-14(2)11-16(13-23)24-17(19)18(6-9-20-10-7-18)12-15-5-8-21-22(15)3;1-3-5-7-6-4-2/h5,8,14,16,19-20,23H,4,6-7,9-13H2,1-3H3;3-7H2,1-2H3. The molecule has 1 aromatic heterocycles. The van der Waals surface area contributed by atoms with E-state index in [2.05, 4.69) is 38.1 Å². The summed E-state index contributed by atoms with van der Waals surface area (Å²) < 4.78 is 7.85. The van der Waals surface area contributed by atoms with Crippen LogP contribution in [0.2, 0.25) is 0 Å². The monoisotopic (exact) mass is 436 g/mol. The molecule has 31 heavy (non-hydrogen) atoms. The lowest BCUT2D eigenvalue weighted by Gasteiger charge is -2.38. The van der Waals surface area contributed by atoms with Gasteiger partial charge in [-0.05, 0) is 44.3 Å². The van der Waals surface area contributed by atoms with Crippen molar-refractivity contribution in [2.45, 2.75) is 98.0 Å². The summed E-state index contributed by atoms with van der Waals surface area (Å²) in [5, 5.41) is 25.9. The van der Waals surface area contributed by atoms with Crippen molar-refractivity contribution in [1.82, 2.24) is 15.1 Å². The second kappa shape index (κ2) is 15.4. The van der Waals surface area contributed by atoms with Crippen molar-refractivity contribution in [3.8, 4) is 0 Å². The number of nitrogens with one attached hydrogen (secondary N) is 2. The molecule has 1 aromatic rings. The van der Waals surface area contributed by atoms with Gasteiger partial charge in [0.25, 0.3) is 0 Å². The van der Waals surface area contributed by atoms with Gasteiger partial charge >= 0.3 is 0 Å². The zero-order valence-electron chi connectivity index (χ0n) is 20.8. The number of hydrogen-bond donors (Lipinski definition) is 3. The molecule has 180 valence electrons. The Labute approximate surface area is 190 Å². The molecule has 1 aliphatic rings. The number of rotatable bonds is 12. The maximum absolute atomic E-state index is 9.65. The van der Waals surface area contributed by atoms with Crippen LogP contribution in [0.4, 0.5) is 0 Å². The summed E-state index contributed by atoms with van der Waals surface area (Å²) >= 11 is 0. The Balaban J connectivity index is 0.000000592. The second-order valence-corrected chi connectivity index (χ2v) is 9.21. The molecule has 2 atom stereocenters. The molecular formula is C25H48N4O2. The van der Waals surface area contributed by atoms with Gasteiger partial charge in [0.1, 0.15) is 6.10 Å². The van der Waals surface area contributed by atoms with Gasteiger partial charge in [-0.3, -0.25) is 10.1 Å². The summed E-state index contributed by atoms with van der Waals surface area (Å²) in [6, 6.07) is 2.01. The fourth-order valence-corrected chi connectivity index (χ4v) is 4.05. The van der Waals surface area contributed by atoms with E-state index in [9.17, 15) is 5.11 Å². The molecule has 0 bridgehead atoms. The molecule has 2 heterocycles. The van der Waals surface area contributed by atoms with Crippen LogP contribution >= 0.6 is 0 Å². The molecular weight excluding hydrogens is 388 g/mol. The van der Waals surface area contributed by atoms with Crippen LogP contribution in [-0.4, -0.2) is 46.6 Å². The van der Waals surface area contributed by atoms with Crippen LogP contribution in [0.3, 0.4) is 0 Å². The smallest absolute Gasteiger partial charge is 0.187 e. The number of aliphatic hydroxyl groups is 1. The van der Waals surface area contributed by atoms with Crippen LogP contribution in [-0.2, 0) is 18.2 Å². The topological polar surface area (TPSA) is 83.2 Å². The van der Waals surface area contributed by atoms with E-state index in [1.54, 1.807) is 6.20 Å². The van der Waals surface area contributed by atoms with Crippen molar-refractivity contribution in [2.24, 2.45) is 18.4 Å². The number of piperidine rings is 1. The van der Waals surface area contributed by atoms with E-state index in [-0.39, 0.29) is 18.1 Å². The van der Waals surface area contributed by atoms with Crippen molar-refractivity contribution in [1.29, 1.82) is 5.41 Å². The number of aryl methyl sites for hydroxylation is 1. The van der Waals surface area contributed by atoms with Gasteiger partial charge in [-0.15, -0.1) is 0 Å². The van der Waals surface area contributed by atoms with Gasteiger partial charge in [0.15, 0.2) is 5.90 Å². The Bertz CT molecular complexity index is 592. The first kappa shape index (κ1) is 27.6. The molecule has 0 aromatic carbocycles. The summed E-state index contributed by atoms with van der Waals surface area (Å²) in [4.78, 5) is 0. The highest BCUT2D eigenvalue weighted by molar-refractivity contribution is 5.80. The largest absolute Gasteiger partial charge is 0.475 e. The fraction of sp³-hybridized carbons (Fsp3) is 0.840. The Morgan fingerprint density at radius 3 is 2.35 bits per heavy atom. The van der Waals surface area contributed by atoms with Crippen molar-refractivity contribution in [2.75, 3.05) is 19.7 Å². The normalized spacial score (nSPS) is 17.4. The van der Waals surface area contributed by atoms with Crippen LogP contribution < -0.4 is 5.32 Å². The maximum atomic E-state index is 9.65. The van der Waals surface area contributed by atoms with Crippen molar-refractivity contribution in [3.05, 3.63) is 18.0 Å². The molecule has 6 nitrogen and oxygen atoms in total. The predicted octanol–water partition coefficient (Wildman–Crippen LogP) is 5.10. The highest BCUT2D eigenvalue weighted by Gasteiger charge is 2.40. The molecule has 6 heteroatoms. The quantitative estimate of drug-likeness (QED) is 0.242. The number of hydrogen-bond acceptors (Lipinski definition) is 5. The minimum Gasteiger partial charge on any atom is -0.475 e. The maximum Gasteiger partial charge on any atom is 0.187 e. The highest BCUT2D eigenvalue weighted by atomic mass is 16.5. The fourth-order valence-electron chi connectivity index (χ4n) is 4.05. The van der Waals surface area contributed by atoms with E-state index < -0.39 is 0 Å². The minimum atomic E-state index is -0.304. The van der Waals surface area contributed by atoms with Crippen molar-refractivity contribution >= 4 is 5.90 Å². The minimum absolute atomic E-state index is 0.0350. The van der Waals surface area contributed by atoms with E-state index in [0.29, 0.717) is 11.8 Å². The van der Waals surface area contributed by atoms with Gasteiger partial charge in [-0.25, -0.2) is 0 Å². The number of unbranched alkanes of at least 4 members (excludes halogenated alkanes) is 4. The molecule has 1 saturated heterocycles. The van der Waals surface area contributed by atoms with Crippen LogP contribution in [0.1, 0.15) is 91.2 Å². The zero-order valence-corrected chi connectivity index (χ0v) is 20.8. The van der Waals surface area contributed by atoms with Gasteiger partial charge < -0.3 is 15.2 Å². The molecule has 0 saturated carbocycles. The molecule has 0 amide bonds. The SMILES string of the molecule is CCC(C)CC(CO)OC(=N)C1(Cc2ccnn2C)CCNCC1.CCCCCCC. The summed E-state index contributed by atoms with van der Waals surface area (Å²) in [7, 11) is 1.94. The Morgan fingerprint density at radius 1 is 1.23 bits per heavy atom. The first-order valence-corrected chi connectivity index (χ1v) is 12.5. The molecule has 1 aliphatic heterocycles.